The largest absolute Gasteiger partial charge is 0.497 e. The number of benzene rings is 2. The van der Waals surface area contributed by atoms with Gasteiger partial charge in [-0.1, -0.05) is 26.0 Å². The van der Waals surface area contributed by atoms with Gasteiger partial charge >= 0.3 is 0 Å². The summed E-state index contributed by atoms with van der Waals surface area (Å²) in [6, 6.07) is 13.5. The Morgan fingerprint density at radius 2 is 1.73 bits per heavy atom. The van der Waals surface area contributed by atoms with Crippen molar-refractivity contribution in [3.63, 3.8) is 0 Å². The van der Waals surface area contributed by atoms with Gasteiger partial charge in [-0.15, -0.1) is 0 Å². The van der Waals surface area contributed by atoms with E-state index in [1.165, 1.54) is 18.2 Å². The Bertz CT molecular complexity index is 780. The van der Waals surface area contributed by atoms with Crippen molar-refractivity contribution in [2.24, 2.45) is 5.92 Å². The van der Waals surface area contributed by atoms with Gasteiger partial charge in [0.1, 0.15) is 5.75 Å². The summed E-state index contributed by atoms with van der Waals surface area (Å²) < 4.78 is 5.16. The number of hydrogen-bond acceptors (Lipinski definition) is 4. The highest BCUT2D eigenvalue weighted by atomic mass is 16.6. The van der Waals surface area contributed by atoms with E-state index in [-0.39, 0.29) is 23.6 Å². The summed E-state index contributed by atoms with van der Waals surface area (Å²) in [4.78, 5) is 22.5. The standard InChI is InChI=1S/C20H22N2O4/c1-14(2)20(16-7-11-18(26-3)12-8-16)21-19(23)13-6-15-4-9-17(10-5-15)22(24)25/h4-14,20H,1-3H3,(H,21,23)/b13-6+. The number of amides is 1. The Hall–Kier alpha value is -3.15. The molecule has 6 nitrogen and oxygen atoms in total. The van der Waals surface area contributed by atoms with E-state index in [2.05, 4.69) is 5.32 Å². The van der Waals surface area contributed by atoms with Crippen molar-refractivity contribution in [1.29, 1.82) is 0 Å². The van der Waals surface area contributed by atoms with E-state index in [0.717, 1.165) is 16.9 Å². The summed E-state index contributed by atoms with van der Waals surface area (Å²) in [5, 5.41) is 13.6. The highest BCUT2D eigenvalue weighted by Gasteiger charge is 2.17. The molecule has 0 fully saturated rings. The number of nitrogens with zero attached hydrogens (tertiary/aromatic N) is 1. The fourth-order valence-corrected chi connectivity index (χ4v) is 2.53. The van der Waals surface area contributed by atoms with Crippen LogP contribution in [0.4, 0.5) is 5.69 Å². The molecule has 0 heterocycles. The van der Waals surface area contributed by atoms with Gasteiger partial charge in [-0.3, -0.25) is 14.9 Å². The topological polar surface area (TPSA) is 81.5 Å². The zero-order valence-corrected chi connectivity index (χ0v) is 15.0. The molecule has 0 aliphatic carbocycles. The molecule has 26 heavy (non-hydrogen) atoms. The molecule has 1 unspecified atom stereocenters. The van der Waals surface area contributed by atoms with Gasteiger partial charge in [0, 0.05) is 18.2 Å². The van der Waals surface area contributed by atoms with Gasteiger partial charge < -0.3 is 10.1 Å². The summed E-state index contributed by atoms with van der Waals surface area (Å²) in [5.74, 6) is 0.749. The number of rotatable bonds is 7. The molecule has 0 aliphatic rings. The molecule has 2 aromatic rings. The predicted octanol–water partition coefficient (Wildman–Crippen LogP) is 4.13. The summed E-state index contributed by atoms with van der Waals surface area (Å²) in [6.07, 6.45) is 3.06. The molecule has 0 radical (unpaired) electrons. The van der Waals surface area contributed by atoms with Crippen LogP contribution in [-0.2, 0) is 4.79 Å². The second kappa shape index (κ2) is 8.80. The first-order valence-corrected chi connectivity index (χ1v) is 8.27. The molecule has 0 aliphatic heterocycles. The summed E-state index contributed by atoms with van der Waals surface area (Å²) >= 11 is 0. The molecular formula is C20H22N2O4. The van der Waals surface area contributed by atoms with Crippen molar-refractivity contribution in [2.75, 3.05) is 7.11 Å². The van der Waals surface area contributed by atoms with E-state index >= 15 is 0 Å². The Kier molecular flexibility index (Phi) is 6.49. The fourth-order valence-electron chi connectivity index (χ4n) is 2.53. The van der Waals surface area contributed by atoms with E-state index in [1.54, 1.807) is 25.3 Å². The number of hydrogen-bond donors (Lipinski definition) is 1. The van der Waals surface area contributed by atoms with Crippen LogP contribution >= 0.6 is 0 Å². The van der Waals surface area contributed by atoms with Gasteiger partial charge in [-0.05, 0) is 47.4 Å². The zero-order valence-electron chi connectivity index (χ0n) is 15.0. The van der Waals surface area contributed by atoms with Crippen LogP contribution in [0.5, 0.6) is 5.75 Å². The number of carbonyl (C=O) groups excluding carboxylic acids is 1. The quantitative estimate of drug-likeness (QED) is 0.460. The molecule has 6 heteroatoms. The molecule has 0 spiro atoms. The first-order valence-electron chi connectivity index (χ1n) is 8.27. The van der Waals surface area contributed by atoms with E-state index in [1.807, 2.05) is 38.1 Å². The van der Waals surface area contributed by atoms with Gasteiger partial charge in [0.2, 0.25) is 5.91 Å². The van der Waals surface area contributed by atoms with Gasteiger partial charge in [0.25, 0.3) is 5.69 Å². The van der Waals surface area contributed by atoms with Crippen LogP contribution in [0, 0.1) is 16.0 Å². The second-order valence-corrected chi connectivity index (χ2v) is 6.19. The van der Waals surface area contributed by atoms with Gasteiger partial charge in [-0.2, -0.15) is 0 Å². The molecule has 2 rings (SSSR count). The SMILES string of the molecule is COc1ccc(C(NC(=O)/C=C/c2ccc([N+](=O)[O-])cc2)C(C)C)cc1. The van der Waals surface area contributed by atoms with E-state index in [9.17, 15) is 14.9 Å². The lowest BCUT2D eigenvalue weighted by atomic mass is 9.96. The van der Waals surface area contributed by atoms with E-state index in [4.69, 9.17) is 4.74 Å². The van der Waals surface area contributed by atoms with Crippen molar-refractivity contribution < 1.29 is 14.5 Å². The molecule has 1 atom stereocenters. The summed E-state index contributed by atoms with van der Waals surface area (Å²) in [6.45, 7) is 4.07. The van der Waals surface area contributed by atoms with Crippen LogP contribution < -0.4 is 10.1 Å². The molecule has 0 aromatic heterocycles. The number of nitro benzene ring substituents is 1. The number of carbonyl (C=O) groups is 1. The average Bonchev–Trinajstić information content (AvgIpc) is 2.64. The number of non-ortho nitro benzene ring substituents is 1. The number of methoxy groups -OCH3 is 1. The van der Waals surface area contributed by atoms with Gasteiger partial charge in [0.15, 0.2) is 0 Å². The third kappa shape index (κ3) is 5.17. The van der Waals surface area contributed by atoms with Crippen LogP contribution in [0.2, 0.25) is 0 Å². The molecule has 0 saturated carbocycles. The monoisotopic (exact) mass is 354 g/mol. The fraction of sp³-hybridized carbons (Fsp3) is 0.250. The maximum atomic E-state index is 12.3. The molecule has 0 saturated heterocycles. The molecule has 136 valence electrons. The molecule has 2 aromatic carbocycles. The minimum atomic E-state index is -0.456. The third-order valence-corrected chi connectivity index (χ3v) is 3.97. The van der Waals surface area contributed by atoms with Crippen molar-refractivity contribution in [1.82, 2.24) is 5.32 Å². The van der Waals surface area contributed by atoms with Crippen LogP contribution in [-0.4, -0.2) is 17.9 Å². The van der Waals surface area contributed by atoms with E-state index < -0.39 is 4.92 Å². The van der Waals surface area contributed by atoms with Crippen molar-refractivity contribution in [3.8, 4) is 5.75 Å². The van der Waals surface area contributed by atoms with Gasteiger partial charge in [0.05, 0.1) is 18.1 Å². The summed E-state index contributed by atoms with van der Waals surface area (Å²) in [5.41, 5.74) is 1.74. The zero-order chi connectivity index (χ0) is 19.1. The van der Waals surface area contributed by atoms with Crippen LogP contribution in [0.3, 0.4) is 0 Å². The smallest absolute Gasteiger partial charge is 0.269 e. The van der Waals surface area contributed by atoms with E-state index in [0.29, 0.717) is 0 Å². The van der Waals surface area contributed by atoms with Crippen molar-refractivity contribution >= 4 is 17.7 Å². The van der Waals surface area contributed by atoms with Crippen molar-refractivity contribution in [3.05, 3.63) is 75.8 Å². The number of nitro groups is 1. The van der Waals surface area contributed by atoms with Crippen LogP contribution in [0.1, 0.15) is 31.0 Å². The maximum Gasteiger partial charge on any atom is 0.269 e. The highest BCUT2D eigenvalue weighted by Crippen LogP contribution is 2.24. The predicted molar refractivity (Wildman–Crippen MR) is 101 cm³/mol. The Labute approximate surface area is 152 Å². The molecule has 0 bridgehead atoms. The Balaban J connectivity index is 2.05. The van der Waals surface area contributed by atoms with Gasteiger partial charge in [-0.25, -0.2) is 0 Å². The second-order valence-electron chi connectivity index (χ2n) is 6.19. The third-order valence-electron chi connectivity index (χ3n) is 3.97. The van der Waals surface area contributed by atoms with Crippen LogP contribution in [0.25, 0.3) is 6.08 Å². The minimum Gasteiger partial charge on any atom is -0.497 e. The lowest BCUT2D eigenvalue weighted by molar-refractivity contribution is -0.384. The normalized spacial score (nSPS) is 12.2. The first-order chi connectivity index (χ1) is 12.4. The lowest BCUT2D eigenvalue weighted by Crippen LogP contribution is -2.30. The van der Waals surface area contributed by atoms with Crippen LogP contribution in [0.15, 0.2) is 54.6 Å². The Morgan fingerprint density at radius 3 is 2.23 bits per heavy atom. The summed E-state index contributed by atoms with van der Waals surface area (Å²) in [7, 11) is 1.61. The number of nitrogens with one attached hydrogen (secondary N) is 1. The first kappa shape index (κ1) is 19.2. The molecule has 1 N–H and O–H groups in total. The number of ether oxygens (including phenoxy) is 1. The lowest BCUT2D eigenvalue weighted by Gasteiger charge is -2.22. The maximum absolute atomic E-state index is 12.3. The van der Waals surface area contributed by atoms with Crippen molar-refractivity contribution in [2.45, 2.75) is 19.9 Å². The molecule has 1 amide bonds. The highest BCUT2D eigenvalue weighted by molar-refractivity contribution is 5.92. The average molecular weight is 354 g/mol. The Morgan fingerprint density at radius 1 is 1.12 bits per heavy atom. The molecular weight excluding hydrogens is 332 g/mol. The minimum absolute atomic E-state index is 0.0194.